The molecule has 0 radical (unpaired) electrons. The fourth-order valence-corrected chi connectivity index (χ4v) is 16.4. The maximum atomic E-state index is 7.69. The number of hydrogen-bond donors (Lipinski definition) is 0. The molecule has 5 heteroatoms. The topological polar surface area (TPSA) is 27.7 Å². The molecule has 5 rings (SSSR count). The summed E-state index contributed by atoms with van der Waals surface area (Å²) < 4.78 is 21.7. The Balaban J connectivity index is 1.59. The first-order valence-electron chi connectivity index (χ1n) is 15.8. The highest BCUT2D eigenvalue weighted by molar-refractivity contribution is 7.00. The van der Waals surface area contributed by atoms with Gasteiger partial charge < -0.3 is 13.6 Å². The van der Waals surface area contributed by atoms with E-state index in [-0.39, 0.29) is 28.2 Å². The molecular formula is C39H48O3Si2. The molecule has 44 heavy (non-hydrogen) atoms. The predicted molar refractivity (Wildman–Crippen MR) is 189 cm³/mol. The summed E-state index contributed by atoms with van der Waals surface area (Å²) in [6.07, 6.45) is 1.59. The third-order valence-electron chi connectivity index (χ3n) is 9.20. The van der Waals surface area contributed by atoms with Crippen molar-refractivity contribution >= 4 is 37.4 Å². The molecule has 1 aliphatic heterocycles. The molecule has 0 amide bonds. The molecule has 0 unspecified atom stereocenters. The van der Waals surface area contributed by atoms with E-state index in [9.17, 15) is 0 Å². The van der Waals surface area contributed by atoms with Crippen molar-refractivity contribution in [2.24, 2.45) is 5.92 Å². The molecule has 1 aliphatic rings. The molecule has 1 fully saturated rings. The van der Waals surface area contributed by atoms with Gasteiger partial charge in [-0.1, -0.05) is 169 Å². The fraction of sp³-hybridized carbons (Fsp3) is 0.333. The quantitative estimate of drug-likeness (QED) is 0.146. The second-order valence-electron chi connectivity index (χ2n) is 14.0. The van der Waals surface area contributed by atoms with E-state index >= 15 is 0 Å². The second kappa shape index (κ2) is 13.1. The summed E-state index contributed by atoms with van der Waals surface area (Å²) in [7, 11) is -5.58. The Morgan fingerprint density at radius 2 is 1.00 bits per heavy atom. The molecule has 0 bridgehead atoms. The summed E-state index contributed by atoms with van der Waals surface area (Å²) in [5.41, 5.74) is 0. The Morgan fingerprint density at radius 1 is 0.636 bits per heavy atom. The van der Waals surface area contributed by atoms with Crippen LogP contribution in [0.2, 0.25) is 10.1 Å². The molecule has 3 atom stereocenters. The molecule has 230 valence electrons. The van der Waals surface area contributed by atoms with Gasteiger partial charge in [0, 0.05) is 5.92 Å². The minimum atomic E-state index is -2.83. The maximum Gasteiger partial charge on any atom is 0.261 e. The van der Waals surface area contributed by atoms with E-state index in [1.165, 1.54) is 20.7 Å². The summed E-state index contributed by atoms with van der Waals surface area (Å²) in [5, 5.41) is 4.79. The first kappa shape index (κ1) is 32.3. The molecule has 1 heterocycles. The molecule has 0 saturated carbocycles. The molecule has 4 aromatic rings. The number of rotatable bonds is 10. The lowest BCUT2D eigenvalue weighted by molar-refractivity contribution is 0.0132. The summed E-state index contributed by atoms with van der Waals surface area (Å²) in [6.45, 7) is 19.2. The Morgan fingerprint density at radius 3 is 1.34 bits per heavy atom. The number of ether oxygens (including phenoxy) is 1. The zero-order chi connectivity index (χ0) is 31.4. The van der Waals surface area contributed by atoms with Gasteiger partial charge in [0.25, 0.3) is 16.6 Å². The summed E-state index contributed by atoms with van der Waals surface area (Å²) in [6, 6.07) is 43.3. The molecule has 0 N–H and O–H groups in total. The third kappa shape index (κ3) is 5.96. The van der Waals surface area contributed by atoms with Gasteiger partial charge in [-0.25, -0.2) is 0 Å². The Bertz CT molecular complexity index is 1400. The lowest BCUT2D eigenvalue weighted by Gasteiger charge is -2.46. The average Bonchev–Trinajstić information content (AvgIpc) is 3.42. The Hall–Kier alpha value is -3.07. The van der Waals surface area contributed by atoms with Crippen LogP contribution in [0.4, 0.5) is 0 Å². The van der Waals surface area contributed by atoms with Crippen LogP contribution in [-0.4, -0.2) is 42.1 Å². The zero-order valence-electron chi connectivity index (χ0n) is 27.2. The van der Waals surface area contributed by atoms with Crippen LogP contribution in [0, 0.1) is 5.92 Å². The van der Waals surface area contributed by atoms with Gasteiger partial charge >= 0.3 is 0 Å². The maximum absolute atomic E-state index is 7.69. The van der Waals surface area contributed by atoms with Gasteiger partial charge in [-0.2, -0.15) is 0 Å². The van der Waals surface area contributed by atoms with Crippen molar-refractivity contribution in [3.63, 3.8) is 0 Å². The van der Waals surface area contributed by atoms with Gasteiger partial charge in [0.05, 0.1) is 19.3 Å². The predicted octanol–water partition coefficient (Wildman–Crippen LogP) is 6.71. The van der Waals surface area contributed by atoms with Crippen molar-refractivity contribution in [3.8, 4) is 0 Å². The smallest absolute Gasteiger partial charge is 0.261 e. The van der Waals surface area contributed by atoms with Crippen LogP contribution in [-0.2, 0) is 13.6 Å². The SMILES string of the molecule is C=C[C@H]1CO[C@@H](CO[Si](c2ccccc2)(c2ccccc2)C(C)(C)C)[C@@H]1O[Si](c1ccccc1)(c1ccccc1)C(C)(C)C. The molecule has 0 aliphatic carbocycles. The van der Waals surface area contributed by atoms with Gasteiger partial charge in [0.1, 0.15) is 6.10 Å². The summed E-state index contributed by atoms with van der Waals surface area (Å²) in [4.78, 5) is 0. The van der Waals surface area contributed by atoms with Crippen molar-refractivity contribution < 1.29 is 13.6 Å². The van der Waals surface area contributed by atoms with Gasteiger partial charge in [-0.15, -0.1) is 6.58 Å². The highest BCUT2D eigenvalue weighted by Gasteiger charge is 2.55. The molecule has 0 spiro atoms. The van der Waals surface area contributed by atoms with E-state index in [1.807, 2.05) is 6.08 Å². The Labute approximate surface area is 267 Å². The average molecular weight is 621 g/mol. The third-order valence-corrected chi connectivity index (χ3v) is 19.2. The standard InChI is InChI=1S/C39H48O3Si2/c1-8-31-29-40-36(30-41-43(38(2,3)4,32-21-13-9-14-22-32)33-23-15-10-16-24-33)37(31)42-44(39(5,6)7,34-25-17-11-18-26-34)35-27-19-12-20-28-35/h8-28,31,36-37H,1,29-30H2,2-7H3/t31-,36-,37+/m0/s1. The first-order valence-corrected chi connectivity index (χ1v) is 19.6. The normalized spacial score (nSPS) is 19.5. The minimum absolute atomic E-state index is 0.0596. The van der Waals surface area contributed by atoms with E-state index in [1.54, 1.807) is 0 Å². The fourth-order valence-electron chi connectivity index (χ4n) is 7.07. The largest absolute Gasteiger partial charge is 0.405 e. The van der Waals surface area contributed by atoms with Gasteiger partial charge in [-0.3, -0.25) is 0 Å². The van der Waals surface area contributed by atoms with Crippen molar-refractivity contribution in [1.29, 1.82) is 0 Å². The molecule has 0 aromatic heterocycles. The van der Waals surface area contributed by atoms with E-state index < -0.39 is 16.6 Å². The molecule has 3 nitrogen and oxygen atoms in total. The monoisotopic (exact) mass is 620 g/mol. The van der Waals surface area contributed by atoms with E-state index in [4.69, 9.17) is 13.6 Å². The second-order valence-corrected chi connectivity index (χ2v) is 22.5. The van der Waals surface area contributed by atoms with Gasteiger partial charge in [0.2, 0.25) is 0 Å². The molecular weight excluding hydrogens is 573 g/mol. The summed E-state index contributed by atoms with van der Waals surface area (Å²) in [5.74, 6) is 0.0596. The van der Waals surface area contributed by atoms with Crippen LogP contribution in [0.1, 0.15) is 41.5 Å². The van der Waals surface area contributed by atoms with E-state index in [0.717, 1.165) is 0 Å². The van der Waals surface area contributed by atoms with Crippen molar-refractivity contribution in [3.05, 3.63) is 134 Å². The van der Waals surface area contributed by atoms with Gasteiger partial charge in [0.15, 0.2) is 0 Å². The molecule has 4 aromatic carbocycles. The van der Waals surface area contributed by atoms with E-state index in [2.05, 4.69) is 169 Å². The lowest BCUT2D eigenvalue weighted by Crippen LogP contribution is -2.69. The summed E-state index contributed by atoms with van der Waals surface area (Å²) >= 11 is 0. The van der Waals surface area contributed by atoms with Crippen molar-refractivity contribution in [2.75, 3.05) is 13.2 Å². The van der Waals surface area contributed by atoms with Crippen molar-refractivity contribution in [2.45, 2.75) is 63.8 Å². The van der Waals surface area contributed by atoms with Crippen LogP contribution >= 0.6 is 0 Å². The zero-order valence-corrected chi connectivity index (χ0v) is 29.2. The van der Waals surface area contributed by atoms with Crippen molar-refractivity contribution in [1.82, 2.24) is 0 Å². The Kier molecular flexibility index (Phi) is 9.64. The number of hydrogen-bond acceptors (Lipinski definition) is 3. The highest BCUT2D eigenvalue weighted by atomic mass is 28.4. The van der Waals surface area contributed by atoms with Gasteiger partial charge in [-0.05, 0) is 30.8 Å². The first-order chi connectivity index (χ1) is 21.0. The van der Waals surface area contributed by atoms with Crippen LogP contribution in [0.5, 0.6) is 0 Å². The van der Waals surface area contributed by atoms with Crippen LogP contribution in [0.15, 0.2) is 134 Å². The van der Waals surface area contributed by atoms with Crippen LogP contribution in [0.25, 0.3) is 0 Å². The highest BCUT2D eigenvalue weighted by Crippen LogP contribution is 2.41. The minimum Gasteiger partial charge on any atom is -0.405 e. The van der Waals surface area contributed by atoms with Crippen LogP contribution in [0.3, 0.4) is 0 Å². The van der Waals surface area contributed by atoms with E-state index in [0.29, 0.717) is 13.2 Å². The van der Waals surface area contributed by atoms with Crippen LogP contribution < -0.4 is 20.7 Å². The molecule has 1 saturated heterocycles. The number of benzene rings is 4. The lowest BCUT2D eigenvalue weighted by atomic mass is 10.0.